The topological polar surface area (TPSA) is 137 Å². The smallest absolute Gasteiger partial charge is 0.408 e. The number of rotatable bonds is 8. The van der Waals surface area contributed by atoms with Crippen LogP contribution >= 0.6 is 0 Å². The first-order chi connectivity index (χ1) is 19.5. The van der Waals surface area contributed by atoms with Gasteiger partial charge < -0.3 is 25.4 Å². The molecule has 41 heavy (non-hydrogen) atoms. The van der Waals surface area contributed by atoms with Gasteiger partial charge in [0.25, 0.3) is 0 Å². The number of nitrogens with one attached hydrogen (secondary N) is 1. The van der Waals surface area contributed by atoms with Gasteiger partial charge in [-0.1, -0.05) is 32.9 Å². The van der Waals surface area contributed by atoms with Crippen molar-refractivity contribution in [3.63, 3.8) is 0 Å². The second kappa shape index (κ2) is 11.6. The summed E-state index contributed by atoms with van der Waals surface area (Å²) in [5.74, 6) is -0.503. The summed E-state index contributed by atoms with van der Waals surface area (Å²) in [5.41, 5.74) is 5.79. The van der Waals surface area contributed by atoms with Crippen LogP contribution in [0.15, 0.2) is 30.3 Å². The van der Waals surface area contributed by atoms with Gasteiger partial charge in [0, 0.05) is 24.0 Å². The molecule has 1 aliphatic heterocycles. The summed E-state index contributed by atoms with van der Waals surface area (Å²) in [5, 5.41) is 2.74. The fourth-order valence-electron chi connectivity index (χ4n) is 5.53. The highest BCUT2D eigenvalue weighted by atomic mass is 19.1. The van der Waals surface area contributed by atoms with Crippen molar-refractivity contribution in [2.75, 3.05) is 6.54 Å². The van der Waals surface area contributed by atoms with Crippen molar-refractivity contribution in [3.8, 4) is 17.1 Å². The van der Waals surface area contributed by atoms with E-state index in [0.29, 0.717) is 17.1 Å². The number of amides is 3. The van der Waals surface area contributed by atoms with Crippen LogP contribution in [0.5, 0.6) is 5.88 Å². The second-order valence-electron chi connectivity index (χ2n) is 12.3. The highest BCUT2D eigenvalue weighted by Crippen LogP contribution is 2.40. The van der Waals surface area contributed by atoms with E-state index in [2.05, 4.69) is 15.3 Å². The van der Waals surface area contributed by atoms with E-state index in [1.165, 1.54) is 11.0 Å². The fourth-order valence-corrected chi connectivity index (χ4v) is 5.53. The summed E-state index contributed by atoms with van der Waals surface area (Å²) < 4.78 is 26.3. The lowest BCUT2D eigenvalue weighted by Crippen LogP contribution is -2.57. The average Bonchev–Trinajstić information content (AvgIpc) is 3.48. The number of hydrogen-bond acceptors (Lipinski definition) is 7. The molecule has 3 atom stereocenters. The average molecular weight is 568 g/mol. The number of nitrogens with two attached hydrogens (primary N) is 1. The van der Waals surface area contributed by atoms with Crippen LogP contribution in [0, 0.1) is 11.2 Å². The van der Waals surface area contributed by atoms with Crippen molar-refractivity contribution in [2.45, 2.75) is 95.9 Å². The quantitative estimate of drug-likeness (QED) is 0.491. The van der Waals surface area contributed by atoms with Gasteiger partial charge >= 0.3 is 6.09 Å². The first-order valence-electron chi connectivity index (χ1n) is 14.4. The molecule has 0 unspecified atom stereocenters. The number of primary amides is 1. The molecule has 10 nitrogen and oxygen atoms in total. The van der Waals surface area contributed by atoms with Crippen molar-refractivity contribution in [1.82, 2.24) is 20.2 Å². The third-order valence-electron chi connectivity index (χ3n) is 7.92. The Kier molecular flexibility index (Phi) is 8.15. The predicted octanol–water partition coefficient (Wildman–Crippen LogP) is 4.08. The van der Waals surface area contributed by atoms with Crippen LogP contribution in [0.3, 0.4) is 0 Å². The molecule has 220 valence electrons. The largest absolute Gasteiger partial charge is 0.472 e. The first-order valence-corrected chi connectivity index (χ1v) is 14.4. The number of benzene rings is 1. The zero-order chi connectivity index (χ0) is 29.3. The molecule has 3 fully saturated rings. The Hall–Kier alpha value is -3.76. The van der Waals surface area contributed by atoms with Crippen molar-refractivity contribution >= 4 is 17.9 Å². The number of halogens is 1. The highest BCUT2D eigenvalue weighted by Gasteiger charge is 2.45. The van der Waals surface area contributed by atoms with E-state index in [1.54, 1.807) is 24.3 Å². The highest BCUT2D eigenvalue weighted by molar-refractivity contribution is 5.92. The minimum absolute atomic E-state index is 0.0656. The zero-order valence-electron chi connectivity index (χ0n) is 23.8. The van der Waals surface area contributed by atoms with E-state index in [4.69, 9.17) is 15.2 Å². The van der Waals surface area contributed by atoms with Gasteiger partial charge in [0.2, 0.25) is 17.7 Å². The second-order valence-corrected chi connectivity index (χ2v) is 12.3. The number of nitrogens with zero attached hydrogens (tertiary/aromatic N) is 3. The monoisotopic (exact) mass is 567 g/mol. The minimum atomic E-state index is -0.954. The van der Waals surface area contributed by atoms with Crippen LogP contribution in [-0.4, -0.2) is 63.6 Å². The van der Waals surface area contributed by atoms with Crippen LogP contribution < -0.4 is 15.8 Å². The van der Waals surface area contributed by atoms with Gasteiger partial charge in [0.15, 0.2) is 0 Å². The van der Waals surface area contributed by atoms with Gasteiger partial charge in [-0.25, -0.2) is 14.2 Å². The maximum atomic E-state index is 14.6. The number of alkyl carbamates (subject to hydrolysis) is 1. The Balaban J connectivity index is 1.34. The summed E-state index contributed by atoms with van der Waals surface area (Å²) in [6.07, 6.45) is 4.26. The molecular weight excluding hydrogens is 529 g/mol. The Labute approximate surface area is 239 Å². The lowest BCUT2D eigenvalue weighted by molar-refractivity contribution is -0.141. The number of likely N-dealkylation sites (tertiary alicyclic amines) is 1. The Morgan fingerprint density at radius 3 is 2.41 bits per heavy atom. The SMILES string of the molecule is CC(C)(C)[C@H](NC(=O)OC1CCCC1)C(=O)N1C[C@H](Oc2cc(-c3ccccc3F)nc(C3CC3)n2)C[C@H]1C(N)=O. The van der Waals surface area contributed by atoms with E-state index < -0.39 is 47.3 Å². The van der Waals surface area contributed by atoms with Crippen molar-refractivity contribution < 1.29 is 28.2 Å². The molecule has 2 aliphatic carbocycles. The van der Waals surface area contributed by atoms with Gasteiger partial charge in [0.1, 0.15) is 35.9 Å². The summed E-state index contributed by atoms with van der Waals surface area (Å²) in [7, 11) is 0. The Morgan fingerprint density at radius 1 is 1.07 bits per heavy atom. The normalized spacial score (nSPS) is 21.9. The van der Waals surface area contributed by atoms with Gasteiger partial charge in [0.05, 0.1) is 12.2 Å². The van der Waals surface area contributed by atoms with Crippen molar-refractivity contribution in [2.24, 2.45) is 11.1 Å². The van der Waals surface area contributed by atoms with Crippen LogP contribution in [0.4, 0.5) is 9.18 Å². The molecule has 3 aliphatic rings. The summed E-state index contributed by atoms with van der Waals surface area (Å²) in [4.78, 5) is 49.5. The standard InChI is InChI=1S/C30H38FN5O5/c1-30(2,3)25(35-29(39)41-18-8-4-5-9-18)28(38)36-16-19(14-23(36)26(32)37)40-24-15-22(20-10-6-7-11-21(20)31)33-27(34-24)17-12-13-17/h6-7,10-11,15,17-19,23,25H,4-5,8-9,12-14,16H2,1-3H3,(H2,32,37)(H,35,39)/t19-,23+,25-/m1/s1. The minimum Gasteiger partial charge on any atom is -0.472 e. The van der Waals surface area contributed by atoms with Crippen LogP contribution in [0.1, 0.15) is 77.5 Å². The summed E-state index contributed by atoms with van der Waals surface area (Å²) in [6, 6.07) is 6.06. The van der Waals surface area contributed by atoms with Gasteiger partial charge in [-0.05, 0) is 56.1 Å². The van der Waals surface area contributed by atoms with Crippen LogP contribution in [-0.2, 0) is 14.3 Å². The Bertz CT molecular complexity index is 1300. The molecule has 0 spiro atoms. The van der Waals surface area contributed by atoms with E-state index >= 15 is 0 Å². The third kappa shape index (κ3) is 6.77. The van der Waals surface area contributed by atoms with E-state index in [1.807, 2.05) is 20.8 Å². The lowest BCUT2D eigenvalue weighted by atomic mass is 9.85. The van der Waals surface area contributed by atoms with Crippen LogP contribution in [0.25, 0.3) is 11.3 Å². The number of aromatic nitrogens is 2. The van der Waals surface area contributed by atoms with E-state index in [9.17, 15) is 18.8 Å². The van der Waals surface area contributed by atoms with Gasteiger partial charge in [-0.15, -0.1) is 0 Å². The van der Waals surface area contributed by atoms with E-state index in [-0.39, 0.29) is 30.9 Å². The number of ether oxygens (including phenoxy) is 2. The molecule has 1 aromatic carbocycles. The molecular formula is C30H38FN5O5. The maximum absolute atomic E-state index is 14.6. The number of carbonyl (C=O) groups is 3. The fraction of sp³-hybridized carbons (Fsp3) is 0.567. The zero-order valence-corrected chi connectivity index (χ0v) is 23.8. The summed E-state index contributed by atoms with van der Waals surface area (Å²) >= 11 is 0. The van der Waals surface area contributed by atoms with E-state index in [0.717, 1.165) is 38.5 Å². The molecule has 2 saturated carbocycles. The first kappa shape index (κ1) is 28.8. The van der Waals surface area contributed by atoms with Crippen LogP contribution in [0.2, 0.25) is 0 Å². The molecule has 2 aromatic rings. The number of carbonyl (C=O) groups excluding carboxylic acids is 3. The Morgan fingerprint density at radius 2 is 1.78 bits per heavy atom. The van der Waals surface area contributed by atoms with Crippen molar-refractivity contribution in [1.29, 1.82) is 0 Å². The number of hydrogen-bond donors (Lipinski definition) is 2. The molecule has 1 aromatic heterocycles. The summed E-state index contributed by atoms with van der Waals surface area (Å²) in [6.45, 7) is 5.56. The molecule has 0 bridgehead atoms. The molecule has 0 radical (unpaired) electrons. The molecule has 11 heteroatoms. The predicted molar refractivity (Wildman–Crippen MR) is 148 cm³/mol. The third-order valence-corrected chi connectivity index (χ3v) is 7.92. The van der Waals surface area contributed by atoms with Gasteiger partial charge in [-0.2, -0.15) is 4.98 Å². The van der Waals surface area contributed by atoms with Gasteiger partial charge in [-0.3, -0.25) is 9.59 Å². The molecule has 5 rings (SSSR count). The molecule has 1 saturated heterocycles. The lowest BCUT2D eigenvalue weighted by Gasteiger charge is -2.34. The van der Waals surface area contributed by atoms with Crippen molar-refractivity contribution in [3.05, 3.63) is 42.0 Å². The maximum Gasteiger partial charge on any atom is 0.408 e. The molecule has 2 heterocycles. The molecule has 3 N–H and O–H groups in total. The molecule has 3 amide bonds.